The fraction of sp³-hybridized carbons (Fsp3) is 0.667. The average Bonchev–Trinajstić information content (AvgIpc) is 2.97. The van der Waals surface area contributed by atoms with E-state index < -0.39 is 0 Å². The lowest BCUT2D eigenvalue weighted by molar-refractivity contribution is 0.111. The first-order chi connectivity index (χ1) is 19.7. The molecule has 2 aromatic carbocycles. The lowest BCUT2D eigenvalue weighted by Gasteiger charge is -2.16. The van der Waals surface area contributed by atoms with Crippen molar-refractivity contribution in [2.75, 3.05) is 13.2 Å². The minimum Gasteiger partial charge on any atom is -0.493 e. The van der Waals surface area contributed by atoms with Gasteiger partial charge >= 0.3 is 0 Å². The zero-order chi connectivity index (χ0) is 28.7. The molecule has 0 aliphatic carbocycles. The smallest absolute Gasteiger partial charge is 0.150 e. The van der Waals surface area contributed by atoms with E-state index in [2.05, 4.69) is 13.8 Å². The number of ether oxygens (including phenoxy) is 2. The van der Waals surface area contributed by atoms with E-state index in [0.29, 0.717) is 35.8 Å². The summed E-state index contributed by atoms with van der Waals surface area (Å²) in [4.78, 5) is 23.3. The van der Waals surface area contributed by atoms with Crippen LogP contribution in [0.2, 0.25) is 0 Å². The minimum atomic E-state index is 0.550. The summed E-state index contributed by atoms with van der Waals surface area (Å²) in [5.74, 6) is 1.34. The first kappa shape index (κ1) is 33.8. The van der Waals surface area contributed by atoms with Gasteiger partial charge in [-0.2, -0.15) is 0 Å². The zero-order valence-electron chi connectivity index (χ0n) is 25.7. The van der Waals surface area contributed by atoms with E-state index in [4.69, 9.17) is 9.47 Å². The molecule has 224 valence electrons. The van der Waals surface area contributed by atoms with Crippen LogP contribution in [0.4, 0.5) is 0 Å². The molecule has 0 heterocycles. The molecule has 0 amide bonds. The number of hydrogen-bond acceptors (Lipinski definition) is 4. The molecule has 4 nitrogen and oxygen atoms in total. The highest BCUT2D eigenvalue weighted by atomic mass is 16.5. The maximum Gasteiger partial charge on any atom is 0.150 e. The van der Waals surface area contributed by atoms with E-state index in [9.17, 15) is 9.59 Å². The van der Waals surface area contributed by atoms with Crippen molar-refractivity contribution in [1.82, 2.24) is 0 Å². The molecule has 0 aliphatic heterocycles. The third-order valence-corrected chi connectivity index (χ3v) is 7.80. The maximum absolute atomic E-state index is 11.6. The Morgan fingerprint density at radius 3 is 1.12 bits per heavy atom. The second-order valence-electron chi connectivity index (χ2n) is 11.4. The fourth-order valence-electron chi connectivity index (χ4n) is 5.39. The molecule has 0 bridgehead atoms. The van der Waals surface area contributed by atoms with Gasteiger partial charge in [-0.25, -0.2) is 0 Å². The molecule has 2 rings (SSSR count). The number of fused-ring (bicyclic) bond motifs is 1. The van der Waals surface area contributed by atoms with Gasteiger partial charge in [0.05, 0.1) is 18.6 Å². The second kappa shape index (κ2) is 22.3. The number of carbonyl (C=O) groups is 2. The fourth-order valence-corrected chi connectivity index (χ4v) is 5.39. The Morgan fingerprint density at radius 2 is 0.800 bits per heavy atom. The molecule has 0 aromatic heterocycles. The van der Waals surface area contributed by atoms with Crippen LogP contribution in [0.3, 0.4) is 0 Å². The summed E-state index contributed by atoms with van der Waals surface area (Å²) in [6, 6.07) is 7.24. The topological polar surface area (TPSA) is 52.6 Å². The Morgan fingerprint density at radius 1 is 0.475 bits per heavy atom. The molecule has 0 spiro atoms. The van der Waals surface area contributed by atoms with Gasteiger partial charge in [-0.3, -0.25) is 9.59 Å². The van der Waals surface area contributed by atoms with Gasteiger partial charge in [-0.15, -0.1) is 0 Å². The highest BCUT2D eigenvalue weighted by Crippen LogP contribution is 2.36. The van der Waals surface area contributed by atoms with Gasteiger partial charge in [0.1, 0.15) is 24.1 Å². The van der Waals surface area contributed by atoms with E-state index >= 15 is 0 Å². The van der Waals surface area contributed by atoms with Crippen molar-refractivity contribution in [3.63, 3.8) is 0 Å². The molecule has 0 saturated carbocycles. The van der Waals surface area contributed by atoms with Crippen LogP contribution in [0.25, 0.3) is 10.8 Å². The van der Waals surface area contributed by atoms with Crippen LogP contribution < -0.4 is 9.47 Å². The van der Waals surface area contributed by atoms with Crippen molar-refractivity contribution >= 4 is 23.3 Å². The lowest BCUT2D eigenvalue weighted by atomic mass is 10.0. The Balaban J connectivity index is 1.85. The van der Waals surface area contributed by atoms with Crippen molar-refractivity contribution < 1.29 is 19.1 Å². The Bertz CT molecular complexity index is 879. The van der Waals surface area contributed by atoms with Crippen LogP contribution >= 0.6 is 0 Å². The summed E-state index contributed by atoms with van der Waals surface area (Å²) in [6.45, 7) is 5.74. The quantitative estimate of drug-likeness (QED) is 0.0860. The van der Waals surface area contributed by atoms with Crippen molar-refractivity contribution in [2.24, 2.45) is 0 Å². The summed E-state index contributed by atoms with van der Waals surface area (Å²) in [5, 5.41) is 1.67. The molecule has 4 heteroatoms. The molecule has 0 N–H and O–H groups in total. The molecule has 40 heavy (non-hydrogen) atoms. The van der Waals surface area contributed by atoms with Gasteiger partial charge in [0, 0.05) is 11.1 Å². The van der Waals surface area contributed by atoms with E-state index in [1.807, 2.05) is 12.1 Å². The lowest BCUT2D eigenvalue weighted by Crippen LogP contribution is -2.03. The van der Waals surface area contributed by atoms with Crippen LogP contribution in [0.5, 0.6) is 11.5 Å². The first-order valence-electron chi connectivity index (χ1n) is 16.5. The monoisotopic (exact) mass is 552 g/mol. The molecule has 0 aliphatic rings. The van der Waals surface area contributed by atoms with Gasteiger partial charge in [-0.05, 0) is 42.5 Å². The Labute approximate surface area is 244 Å². The third-order valence-electron chi connectivity index (χ3n) is 7.80. The summed E-state index contributed by atoms with van der Waals surface area (Å²) in [7, 11) is 0. The van der Waals surface area contributed by atoms with Crippen LogP contribution in [-0.4, -0.2) is 25.8 Å². The number of rotatable bonds is 26. The number of aldehydes is 2. The summed E-state index contributed by atoms with van der Waals surface area (Å²) in [6.07, 6.45) is 27.2. The molecule has 0 fully saturated rings. The summed E-state index contributed by atoms with van der Waals surface area (Å²) >= 11 is 0. The van der Waals surface area contributed by atoms with Crippen molar-refractivity contribution in [2.45, 2.75) is 142 Å². The second-order valence-corrected chi connectivity index (χ2v) is 11.4. The van der Waals surface area contributed by atoms with Crippen LogP contribution in [0.15, 0.2) is 24.3 Å². The van der Waals surface area contributed by atoms with Gasteiger partial charge in [0.15, 0.2) is 0 Å². The number of unbranched alkanes of at least 4 members (excludes halogenated alkanes) is 18. The third kappa shape index (κ3) is 13.8. The van der Waals surface area contributed by atoms with E-state index in [-0.39, 0.29) is 0 Å². The molecular weight excluding hydrogens is 496 g/mol. The molecule has 0 radical (unpaired) electrons. The number of benzene rings is 2. The van der Waals surface area contributed by atoms with E-state index in [1.54, 1.807) is 12.1 Å². The van der Waals surface area contributed by atoms with E-state index in [1.165, 1.54) is 103 Å². The molecule has 2 aromatic rings. The van der Waals surface area contributed by atoms with Gasteiger partial charge in [0.2, 0.25) is 0 Å². The van der Waals surface area contributed by atoms with Gasteiger partial charge in [0.25, 0.3) is 0 Å². The maximum atomic E-state index is 11.6. The number of hydrogen-bond donors (Lipinski definition) is 0. The number of carbonyl (C=O) groups excluding carboxylic acids is 2. The van der Waals surface area contributed by atoms with Crippen molar-refractivity contribution in [3.05, 3.63) is 35.4 Å². The molecule has 0 unspecified atom stereocenters. The van der Waals surface area contributed by atoms with Gasteiger partial charge < -0.3 is 9.47 Å². The SMILES string of the molecule is CCCCCCCCCCCCOc1cc(C=O)cc2cc(C=O)cc(OCCCCCCCCCCCC)c12. The largest absolute Gasteiger partial charge is 0.493 e. The predicted molar refractivity (Wildman–Crippen MR) is 169 cm³/mol. The standard InChI is InChI=1S/C36H56O4/c1-3-5-7-9-11-13-15-17-19-21-23-39-34-27-31(29-37)25-33-26-32(30-38)28-35(36(33)34)40-24-22-20-18-16-14-12-10-8-6-4-2/h25-30H,3-24H2,1-2H3. The van der Waals surface area contributed by atoms with Crippen molar-refractivity contribution in [1.29, 1.82) is 0 Å². The summed E-state index contributed by atoms with van der Waals surface area (Å²) in [5.41, 5.74) is 1.10. The Hall–Kier alpha value is -2.36. The summed E-state index contributed by atoms with van der Waals surface area (Å²) < 4.78 is 12.5. The highest BCUT2D eigenvalue weighted by molar-refractivity contribution is 6.00. The van der Waals surface area contributed by atoms with Crippen LogP contribution in [-0.2, 0) is 0 Å². The highest BCUT2D eigenvalue weighted by Gasteiger charge is 2.13. The molecular formula is C36H56O4. The first-order valence-corrected chi connectivity index (χ1v) is 16.5. The minimum absolute atomic E-state index is 0.550. The van der Waals surface area contributed by atoms with Gasteiger partial charge in [-0.1, -0.05) is 129 Å². The Kier molecular flexibility index (Phi) is 18.9. The van der Waals surface area contributed by atoms with Crippen LogP contribution in [0, 0.1) is 0 Å². The average molecular weight is 553 g/mol. The van der Waals surface area contributed by atoms with E-state index in [0.717, 1.165) is 49.0 Å². The predicted octanol–water partition coefficient (Wildman–Crippen LogP) is 11.1. The van der Waals surface area contributed by atoms with Crippen LogP contribution in [0.1, 0.15) is 163 Å². The van der Waals surface area contributed by atoms with Crippen molar-refractivity contribution in [3.8, 4) is 11.5 Å². The molecule has 0 atom stereocenters. The molecule has 0 saturated heterocycles. The normalized spacial score (nSPS) is 11.2. The zero-order valence-corrected chi connectivity index (χ0v) is 25.7.